The van der Waals surface area contributed by atoms with Crippen LogP contribution in [0.25, 0.3) is 21.9 Å². The summed E-state index contributed by atoms with van der Waals surface area (Å²) in [5, 5.41) is 3.09. The van der Waals surface area contributed by atoms with E-state index < -0.39 is 0 Å². The van der Waals surface area contributed by atoms with Crippen molar-refractivity contribution < 1.29 is 0 Å². The normalized spacial score (nSPS) is 10.6. The third-order valence-corrected chi connectivity index (χ3v) is 3.27. The largest absolute Gasteiger partial charge is 0.0837 e. The molecule has 0 atom stereocenters. The second kappa shape index (κ2) is 4.23. The predicted molar refractivity (Wildman–Crippen MR) is 74.4 cm³/mol. The van der Waals surface area contributed by atoms with Crippen LogP contribution in [0.3, 0.4) is 0 Å². The molecule has 3 aromatic carbocycles. The van der Waals surface area contributed by atoms with E-state index in [0.29, 0.717) is 0 Å². The maximum atomic E-state index is 6.22. The van der Waals surface area contributed by atoms with Crippen LogP contribution in [0.4, 0.5) is 0 Å². The van der Waals surface area contributed by atoms with Gasteiger partial charge < -0.3 is 0 Å². The van der Waals surface area contributed by atoms with Gasteiger partial charge in [-0.05, 0) is 28.6 Å². The van der Waals surface area contributed by atoms with Gasteiger partial charge in [-0.25, -0.2) is 0 Å². The van der Waals surface area contributed by atoms with Gasteiger partial charge in [0.1, 0.15) is 0 Å². The Balaban J connectivity index is 2.23. The minimum absolute atomic E-state index is 0.806. The average Bonchev–Trinajstić information content (AvgIpc) is 2.40. The van der Waals surface area contributed by atoms with Crippen molar-refractivity contribution in [1.29, 1.82) is 0 Å². The van der Waals surface area contributed by atoms with Crippen LogP contribution in [0.1, 0.15) is 0 Å². The van der Waals surface area contributed by atoms with E-state index >= 15 is 0 Å². The van der Waals surface area contributed by atoms with Gasteiger partial charge in [-0.2, -0.15) is 0 Å². The Hall–Kier alpha value is -1.79. The summed E-state index contributed by atoms with van der Waals surface area (Å²) in [6.45, 7) is 0. The molecule has 0 aliphatic rings. The molecule has 0 radical (unpaired) electrons. The van der Waals surface area contributed by atoms with E-state index in [1.807, 2.05) is 30.3 Å². The van der Waals surface area contributed by atoms with Crippen LogP contribution in [-0.4, -0.2) is 0 Å². The standard InChI is InChI=1S/C16H11Cl/c17-16-8-4-7-13-9-10-14(11-15(13)16)12-5-2-1-3-6-12/h1-11H. The first-order valence-corrected chi connectivity index (χ1v) is 5.96. The van der Waals surface area contributed by atoms with Crippen LogP contribution in [0.2, 0.25) is 5.02 Å². The van der Waals surface area contributed by atoms with E-state index in [1.165, 1.54) is 16.5 Å². The molecule has 0 aromatic heterocycles. The Bertz CT molecular complexity index is 657. The predicted octanol–water partition coefficient (Wildman–Crippen LogP) is 5.16. The zero-order valence-electron chi connectivity index (χ0n) is 9.23. The molecule has 82 valence electrons. The highest BCUT2D eigenvalue weighted by molar-refractivity contribution is 6.35. The highest BCUT2D eigenvalue weighted by Gasteiger charge is 2.01. The van der Waals surface area contributed by atoms with Crippen molar-refractivity contribution in [2.24, 2.45) is 0 Å². The molecule has 0 saturated carbocycles. The Morgan fingerprint density at radius 1 is 0.647 bits per heavy atom. The summed E-state index contributed by atoms with van der Waals surface area (Å²) in [7, 11) is 0. The maximum absolute atomic E-state index is 6.22. The number of hydrogen-bond donors (Lipinski definition) is 0. The van der Waals surface area contributed by atoms with Gasteiger partial charge in [0.15, 0.2) is 0 Å². The van der Waals surface area contributed by atoms with E-state index in [4.69, 9.17) is 11.6 Å². The molecule has 0 aliphatic carbocycles. The van der Waals surface area contributed by atoms with Crippen molar-refractivity contribution in [3.63, 3.8) is 0 Å². The zero-order valence-corrected chi connectivity index (χ0v) is 9.98. The molecule has 3 rings (SSSR count). The molecule has 0 fully saturated rings. The molecule has 0 bridgehead atoms. The molecule has 0 N–H and O–H groups in total. The summed E-state index contributed by atoms with van der Waals surface area (Å²) < 4.78 is 0. The molecule has 0 spiro atoms. The van der Waals surface area contributed by atoms with E-state index in [1.54, 1.807) is 0 Å². The van der Waals surface area contributed by atoms with Gasteiger partial charge in [0.2, 0.25) is 0 Å². The van der Waals surface area contributed by atoms with E-state index in [-0.39, 0.29) is 0 Å². The molecule has 0 aliphatic heterocycles. The van der Waals surface area contributed by atoms with Gasteiger partial charge in [-0.15, -0.1) is 0 Å². The Morgan fingerprint density at radius 3 is 2.29 bits per heavy atom. The summed E-state index contributed by atoms with van der Waals surface area (Å²) in [4.78, 5) is 0. The van der Waals surface area contributed by atoms with Gasteiger partial charge in [0.05, 0.1) is 0 Å². The molecule has 3 aromatic rings. The van der Waals surface area contributed by atoms with Crippen LogP contribution >= 0.6 is 11.6 Å². The molecule has 0 unspecified atom stereocenters. The zero-order chi connectivity index (χ0) is 11.7. The minimum atomic E-state index is 0.806. The van der Waals surface area contributed by atoms with Crippen molar-refractivity contribution in [3.05, 3.63) is 71.8 Å². The molecular weight excluding hydrogens is 228 g/mol. The second-order valence-corrected chi connectivity index (χ2v) is 4.45. The Morgan fingerprint density at radius 2 is 1.47 bits per heavy atom. The molecular formula is C16H11Cl. The van der Waals surface area contributed by atoms with Gasteiger partial charge in [0, 0.05) is 10.4 Å². The highest BCUT2D eigenvalue weighted by atomic mass is 35.5. The van der Waals surface area contributed by atoms with Crippen LogP contribution in [-0.2, 0) is 0 Å². The van der Waals surface area contributed by atoms with Crippen LogP contribution in [0.15, 0.2) is 66.7 Å². The fourth-order valence-electron chi connectivity index (χ4n) is 2.04. The number of benzene rings is 3. The summed E-state index contributed by atoms with van der Waals surface area (Å²) in [5.74, 6) is 0. The Kier molecular flexibility index (Phi) is 2.58. The van der Waals surface area contributed by atoms with Crippen molar-refractivity contribution in [1.82, 2.24) is 0 Å². The first-order chi connectivity index (χ1) is 8.34. The summed E-state index contributed by atoms with van der Waals surface area (Å²) in [6.07, 6.45) is 0. The van der Waals surface area contributed by atoms with Crippen molar-refractivity contribution in [3.8, 4) is 11.1 Å². The molecule has 0 nitrogen and oxygen atoms in total. The first kappa shape index (κ1) is 10.4. The summed E-state index contributed by atoms with van der Waals surface area (Å²) in [5.41, 5.74) is 2.42. The van der Waals surface area contributed by atoms with Crippen molar-refractivity contribution >= 4 is 22.4 Å². The molecule has 1 heteroatoms. The fourth-order valence-corrected chi connectivity index (χ4v) is 2.28. The first-order valence-electron chi connectivity index (χ1n) is 5.58. The SMILES string of the molecule is Clc1cccc2ccc(-c3ccccc3)cc12. The van der Waals surface area contributed by atoms with Gasteiger partial charge >= 0.3 is 0 Å². The summed E-state index contributed by atoms with van der Waals surface area (Å²) in [6, 6.07) is 22.7. The summed E-state index contributed by atoms with van der Waals surface area (Å²) >= 11 is 6.22. The van der Waals surface area contributed by atoms with E-state index in [0.717, 1.165) is 10.4 Å². The van der Waals surface area contributed by atoms with Crippen LogP contribution in [0, 0.1) is 0 Å². The van der Waals surface area contributed by atoms with Crippen molar-refractivity contribution in [2.75, 3.05) is 0 Å². The van der Waals surface area contributed by atoms with E-state index in [2.05, 4.69) is 36.4 Å². The van der Waals surface area contributed by atoms with Crippen molar-refractivity contribution in [2.45, 2.75) is 0 Å². The average molecular weight is 239 g/mol. The molecule has 0 amide bonds. The monoisotopic (exact) mass is 238 g/mol. The molecule has 0 saturated heterocycles. The minimum Gasteiger partial charge on any atom is -0.0837 e. The number of halogens is 1. The van der Waals surface area contributed by atoms with E-state index in [9.17, 15) is 0 Å². The fraction of sp³-hybridized carbons (Fsp3) is 0. The molecule has 17 heavy (non-hydrogen) atoms. The number of fused-ring (bicyclic) bond motifs is 1. The molecule has 0 heterocycles. The Labute approximate surface area is 105 Å². The van der Waals surface area contributed by atoms with Gasteiger partial charge in [-0.1, -0.05) is 66.2 Å². The lowest BCUT2D eigenvalue weighted by Crippen LogP contribution is -1.79. The third kappa shape index (κ3) is 1.92. The lowest BCUT2D eigenvalue weighted by atomic mass is 10.0. The number of rotatable bonds is 1. The van der Waals surface area contributed by atoms with Gasteiger partial charge in [-0.3, -0.25) is 0 Å². The van der Waals surface area contributed by atoms with Crippen LogP contribution < -0.4 is 0 Å². The maximum Gasteiger partial charge on any atom is 0.0484 e. The lowest BCUT2D eigenvalue weighted by molar-refractivity contribution is 1.64. The highest BCUT2D eigenvalue weighted by Crippen LogP contribution is 2.28. The second-order valence-electron chi connectivity index (χ2n) is 4.04. The van der Waals surface area contributed by atoms with Crippen LogP contribution in [0.5, 0.6) is 0 Å². The topological polar surface area (TPSA) is 0 Å². The smallest absolute Gasteiger partial charge is 0.0484 e. The lowest BCUT2D eigenvalue weighted by Gasteiger charge is -2.05. The third-order valence-electron chi connectivity index (χ3n) is 2.94. The van der Waals surface area contributed by atoms with Gasteiger partial charge in [0.25, 0.3) is 0 Å². The quantitative estimate of drug-likeness (QED) is 0.549. The number of hydrogen-bond acceptors (Lipinski definition) is 0.